The van der Waals surface area contributed by atoms with E-state index in [4.69, 9.17) is 0 Å². The van der Waals surface area contributed by atoms with Gasteiger partial charge in [-0.1, -0.05) is 0 Å². The van der Waals surface area contributed by atoms with Crippen LogP contribution in [0.1, 0.15) is 18.9 Å². The predicted molar refractivity (Wildman–Crippen MR) is 63.3 cm³/mol. The van der Waals surface area contributed by atoms with E-state index >= 15 is 0 Å². The standard InChI is InChI=1S/C11H11BrN2O2/c1-2-14-10(16)5-9(15)4-7-3-8(12)6-13-11(7)14/h3,6H,2,4-5H2,1H3. The van der Waals surface area contributed by atoms with E-state index in [2.05, 4.69) is 20.9 Å². The zero-order chi connectivity index (χ0) is 11.7. The largest absolute Gasteiger partial charge is 0.299 e. The Hall–Kier alpha value is -1.23. The fourth-order valence-corrected chi connectivity index (χ4v) is 2.21. The van der Waals surface area contributed by atoms with Crippen LogP contribution in [0.5, 0.6) is 0 Å². The van der Waals surface area contributed by atoms with Gasteiger partial charge in [0.1, 0.15) is 11.6 Å². The van der Waals surface area contributed by atoms with Crippen LogP contribution in [-0.4, -0.2) is 23.2 Å². The van der Waals surface area contributed by atoms with Crippen LogP contribution in [0.2, 0.25) is 0 Å². The zero-order valence-corrected chi connectivity index (χ0v) is 10.5. The summed E-state index contributed by atoms with van der Waals surface area (Å²) >= 11 is 3.32. The van der Waals surface area contributed by atoms with Crippen LogP contribution in [-0.2, 0) is 16.0 Å². The van der Waals surface area contributed by atoms with Gasteiger partial charge in [0.25, 0.3) is 0 Å². The zero-order valence-electron chi connectivity index (χ0n) is 8.86. The van der Waals surface area contributed by atoms with Crippen molar-refractivity contribution in [1.82, 2.24) is 4.98 Å². The van der Waals surface area contributed by atoms with Gasteiger partial charge in [-0.2, -0.15) is 0 Å². The molecule has 2 rings (SSSR count). The Morgan fingerprint density at radius 3 is 2.88 bits per heavy atom. The molecule has 5 heteroatoms. The van der Waals surface area contributed by atoms with Crippen molar-refractivity contribution < 1.29 is 9.59 Å². The van der Waals surface area contributed by atoms with Crippen molar-refractivity contribution >= 4 is 33.4 Å². The Bertz CT molecular complexity index is 459. The minimum absolute atomic E-state index is 0.0260. The van der Waals surface area contributed by atoms with Gasteiger partial charge in [-0.3, -0.25) is 14.5 Å². The lowest BCUT2D eigenvalue weighted by atomic mass is 10.1. The second kappa shape index (κ2) is 4.33. The summed E-state index contributed by atoms with van der Waals surface area (Å²) in [6.45, 7) is 2.41. The summed E-state index contributed by atoms with van der Waals surface area (Å²) in [5.41, 5.74) is 0.812. The molecular weight excluding hydrogens is 272 g/mol. The molecule has 0 aromatic carbocycles. The average molecular weight is 283 g/mol. The normalized spacial score (nSPS) is 16.0. The molecule has 0 unspecified atom stereocenters. The highest BCUT2D eigenvalue weighted by molar-refractivity contribution is 9.10. The molecule has 1 aromatic heterocycles. The van der Waals surface area contributed by atoms with E-state index in [-0.39, 0.29) is 24.5 Å². The summed E-state index contributed by atoms with van der Waals surface area (Å²) in [6.07, 6.45) is 1.90. The SMILES string of the molecule is CCN1C(=O)CC(=O)Cc2cc(Br)cnc21. The highest BCUT2D eigenvalue weighted by Crippen LogP contribution is 2.25. The van der Waals surface area contributed by atoms with Crippen molar-refractivity contribution in [3.63, 3.8) is 0 Å². The van der Waals surface area contributed by atoms with Crippen LogP contribution < -0.4 is 4.90 Å². The molecule has 16 heavy (non-hydrogen) atoms. The Labute approximate surface area is 102 Å². The van der Waals surface area contributed by atoms with Crippen LogP contribution in [0.3, 0.4) is 0 Å². The quantitative estimate of drug-likeness (QED) is 0.737. The van der Waals surface area contributed by atoms with Crippen molar-refractivity contribution in [2.45, 2.75) is 19.8 Å². The lowest BCUT2D eigenvalue weighted by Gasteiger charge is -2.19. The van der Waals surface area contributed by atoms with Crippen molar-refractivity contribution in [2.75, 3.05) is 11.4 Å². The number of fused-ring (bicyclic) bond motifs is 1. The number of Topliss-reactive ketones (excluding diaryl/α,β-unsaturated/α-hetero) is 1. The Morgan fingerprint density at radius 2 is 2.19 bits per heavy atom. The van der Waals surface area contributed by atoms with Crippen LogP contribution in [0.15, 0.2) is 16.7 Å². The first kappa shape index (κ1) is 11.3. The first-order valence-corrected chi connectivity index (χ1v) is 5.87. The smallest absolute Gasteiger partial charge is 0.235 e. The van der Waals surface area contributed by atoms with Crippen molar-refractivity contribution in [3.8, 4) is 0 Å². The highest BCUT2D eigenvalue weighted by atomic mass is 79.9. The number of amides is 1. The van der Waals surface area contributed by atoms with Gasteiger partial charge in [-0.25, -0.2) is 4.98 Å². The van der Waals surface area contributed by atoms with Gasteiger partial charge in [0.15, 0.2) is 0 Å². The van der Waals surface area contributed by atoms with E-state index in [1.54, 1.807) is 11.1 Å². The fourth-order valence-electron chi connectivity index (χ4n) is 1.83. The molecule has 0 N–H and O–H groups in total. The Balaban J connectivity index is 2.53. The molecule has 4 nitrogen and oxygen atoms in total. The maximum absolute atomic E-state index is 11.8. The van der Waals surface area contributed by atoms with E-state index in [0.29, 0.717) is 12.4 Å². The van der Waals surface area contributed by atoms with Crippen LogP contribution in [0.4, 0.5) is 5.82 Å². The van der Waals surface area contributed by atoms with Gasteiger partial charge in [-0.15, -0.1) is 0 Å². The van der Waals surface area contributed by atoms with Gasteiger partial charge >= 0.3 is 0 Å². The fraction of sp³-hybridized carbons (Fsp3) is 0.364. The van der Waals surface area contributed by atoms with Gasteiger partial charge in [0.2, 0.25) is 5.91 Å². The molecule has 1 aromatic rings. The molecule has 0 saturated heterocycles. The number of ketones is 1. The second-order valence-corrected chi connectivity index (χ2v) is 4.58. The van der Waals surface area contributed by atoms with Crippen molar-refractivity contribution in [1.29, 1.82) is 0 Å². The molecule has 1 aliphatic heterocycles. The summed E-state index contributed by atoms with van der Waals surface area (Å²) in [5.74, 6) is 0.393. The summed E-state index contributed by atoms with van der Waals surface area (Å²) in [4.78, 5) is 29.1. The molecule has 84 valence electrons. The van der Waals surface area contributed by atoms with Crippen LogP contribution >= 0.6 is 15.9 Å². The van der Waals surface area contributed by atoms with Crippen LogP contribution in [0, 0.1) is 0 Å². The molecule has 0 fully saturated rings. The molecule has 0 bridgehead atoms. The molecular formula is C11H11BrN2O2. The maximum Gasteiger partial charge on any atom is 0.235 e. The number of carbonyl (C=O) groups excluding carboxylic acids is 2. The predicted octanol–water partition coefficient (Wildman–Crippen LogP) is 1.71. The molecule has 2 heterocycles. The maximum atomic E-state index is 11.8. The van der Waals surface area contributed by atoms with Gasteiger partial charge in [0.05, 0.1) is 6.42 Å². The summed E-state index contributed by atoms with van der Waals surface area (Å²) in [7, 11) is 0. The van der Waals surface area contributed by atoms with Gasteiger partial charge in [0, 0.05) is 29.2 Å². The Kier molecular flexibility index (Phi) is 3.05. The molecule has 1 aliphatic rings. The number of rotatable bonds is 1. The van der Waals surface area contributed by atoms with Gasteiger partial charge < -0.3 is 0 Å². The summed E-state index contributed by atoms with van der Waals surface area (Å²) in [5, 5.41) is 0. The highest BCUT2D eigenvalue weighted by Gasteiger charge is 2.26. The topological polar surface area (TPSA) is 50.3 Å². The first-order valence-electron chi connectivity index (χ1n) is 5.08. The number of carbonyl (C=O) groups is 2. The molecule has 0 radical (unpaired) electrons. The molecule has 0 aliphatic carbocycles. The summed E-state index contributed by atoms with van der Waals surface area (Å²) in [6, 6.07) is 1.85. The van der Waals surface area contributed by atoms with Gasteiger partial charge in [-0.05, 0) is 28.9 Å². The third kappa shape index (κ3) is 2.00. The van der Waals surface area contributed by atoms with E-state index in [1.165, 1.54) is 0 Å². The molecule has 0 atom stereocenters. The van der Waals surface area contributed by atoms with E-state index in [0.717, 1.165) is 10.0 Å². The monoisotopic (exact) mass is 282 g/mol. The molecule has 0 saturated carbocycles. The number of hydrogen-bond acceptors (Lipinski definition) is 3. The number of hydrogen-bond donors (Lipinski definition) is 0. The molecule has 0 spiro atoms. The minimum Gasteiger partial charge on any atom is -0.299 e. The van der Waals surface area contributed by atoms with E-state index in [9.17, 15) is 9.59 Å². The average Bonchev–Trinajstić information content (AvgIpc) is 2.32. The minimum atomic E-state index is -0.166. The van der Waals surface area contributed by atoms with E-state index < -0.39 is 0 Å². The summed E-state index contributed by atoms with van der Waals surface area (Å²) < 4.78 is 0.824. The number of nitrogens with zero attached hydrogens (tertiary/aromatic N) is 2. The third-order valence-corrected chi connectivity index (χ3v) is 2.95. The third-order valence-electron chi connectivity index (χ3n) is 2.52. The van der Waals surface area contributed by atoms with Crippen molar-refractivity contribution in [3.05, 3.63) is 22.3 Å². The Morgan fingerprint density at radius 1 is 1.44 bits per heavy atom. The lowest BCUT2D eigenvalue weighted by molar-refractivity contribution is -0.126. The number of aromatic nitrogens is 1. The lowest BCUT2D eigenvalue weighted by Crippen LogP contribution is -2.31. The number of pyridine rings is 1. The second-order valence-electron chi connectivity index (χ2n) is 3.67. The van der Waals surface area contributed by atoms with E-state index in [1.807, 2.05) is 13.0 Å². The molecule has 1 amide bonds. The van der Waals surface area contributed by atoms with Crippen LogP contribution in [0.25, 0.3) is 0 Å². The van der Waals surface area contributed by atoms with Crippen molar-refractivity contribution in [2.24, 2.45) is 0 Å². The first-order chi connectivity index (χ1) is 7.61. The number of anilines is 1. The number of halogens is 1.